The zero-order valence-corrected chi connectivity index (χ0v) is 17.5. The van der Waals surface area contributed by atoms with E-state index in [9.17, 15) is 9.59 Å². The van der Waals surface area contributed by atoms with E-state index < -0.39 is 0 Å². The molecule has 1 saturated heterocycles. The van der Waals surface area contributed by atoms with E-state index in [4.69, 9.17) is 4.42 Å². The maximum Gasteiger partial charge on any atom is 0.267 e. The van der Waals surface area contributed by atoms with Crippen LogP contribution in [0.4, 0.5) is 0 Å². The van der Waals surface area contributed by atoms with Crippen LogP contribution in [0.2, 0.25) is 0 Å². The number of likely N-dealkylation sites (N-methyl/N-ethyl adjacent to an activating group) is 1. The van der Waals surface area contributed by atoms with Gasteiger partial charge in [0.15, 0.2) is 0 Å². The normalized spacial score (nSPS) is 15.7. The summed E-state index contributed by atoms with van der Waals surface area (Å²) in [6.45, 7) is 9.12. The zero-order valence-electron chi connectivity index (χ0n) is 17.5. The van der Waals surface area contributed by atoms with E-state index in [2.05, 4.69) is 27.4 Å². The van der Waals surface area contributed by atoms with Crippen molar-refractivity contribution in [2.45, 2.75) is 13.3 Å². The Morgan fingerprint density at radius 2 is 1.77 bits per heavy atom. The number of rotatable bonds is 9. The lowest BCUT2D eigenvalue weighted by Gasteiger charge is -2.33. The molecule has 1 fully saturated rings. The van der Waals surface area contributed by atoms with Crippen LogP contribution in [-0.2, 0) is 4.79 Å². The maximum absolute atomic E-state index is 12.7. The number of carbonyl (C=O) groups is 2. The number of piperazine rings is 1. The number of amides is 2. The van der Waals surface area contributed by atoms with Gasteiger partial charge in [-0.25, -0.2) is 0 Å². The fourth-order valence-corrected chi connectivity index (χ4v) is 3.39. The molecule has 0 aliphatic carbocycles. The fraction of sp³-hybridized carbons (Fsp3) is 0.391. The number of carbonyl (C=O) groups excluding carboxylic acids is 2. The predicted molar refractivity (Wildman–Crippen MR) is 117 cm³/mol. The molecular formula is C23H30N4O3. The highest BCUT2D eigenvalue weighted by Crippen LogP contribution is 2.08. The Morgan fingerprint density at radius 1 is 1.03 bits per heavy atom. The molecule has 3 rings (SSSR count). The molecule has 0 spiro atoms. The van der Waals surface area contributed by atoms with E-state index in [1.807, 2.05) is 6.07 Å². The molecule has 0 bridgehead atoms. The van der Waals surface area contributed by atoms with Crippen LogP contribution in [0.3, 0.4) is 0 Å². The standard InChI is InChI=1S/C23H30N4O3/c1-2-26-13-15-27(16-14-26)12-7-11-24-23(29)21(18-20-10-6-17-30-20)25-22(28)19-8-4-3-5-9-19/h3-6,8-10,17-18H,2,7,11-16H2,1H3,(H,24,29)(H,25,28). The topological polar surface area (TPSA) is 77.8 Å². The second-order valence-electron chi connectivity index (χ2n) is 7.28. The van der Waals surface area contributed by atoms with Gasteiger partial charge in [-0.15, -0.1) is 0 Å². The van der Waals surface area contributed by atoms with Gasteiger partial charge >= 0.3 is 0 Å². The van der Waals surface area contributed by atoms with Crippen molar-refractivity contribution in [3.63, 3.8) is 0 Å². The third-order valence-electron chi connectivity index (χ3n) is 5.21. The van der Waals surface area contributed by atoms with E-state index in [1.165, 1.54) is 6.26 Å². The molecule has 1 aliphatic rings. The van der Waals surface area contributed by atoms with Gasteiger partial charge in [0.1, 0.15) is 11.5 Å². The van der Waals surface area contributed by atoms with Gasteiger partial charge in [0, 0.05) is 44.4 Å². The smallest absolute Gasteiger partial charge is 0.267 e. The number of furan rings is 1. The summed E-state index contributed by atoms with van der Waals surface area (Å²) in [5.74, 6) is -0.161. The van der Waals surface area contributed by atoms with Crippen molar-refractivity contribution in [2.24, 2.45) is 0 Å². The minimum absolute atomic E-state index is 0.162. The molecule has 0 radical (unpaired) electrons. The third-order valence-corrected chi connectivity index (χ3v) is 5.21. The highest BCUT2D eigenvalue weighted by molar-refractivity contribution is 6.05. The fourth-order valence-electron chi connectivity index (χ4n) is 3.39. The van der Waals surface area contributed by atoms with E-state index in [-0.39, 0.29) is 17.5 Å². The number of nitrogens with zero attached hydrogens (tertiary/aromatic N) is 2. The Morgan fingerprint density at radius 3 is 2.43 bits per heavy atom. The molecule has 1 aliphatic heterocycles. The van der Waals surface area contributed by atoms with E-state index >= 15 is 0 Å². The SMILES string of the molecule is CCN1CCN(CCCNC(=O)C(=Cc2ccco2)NC(=O)c2ccccc2)CC1. The summed E-state index contributed by atoms with van der Waals surface area (Å²) >= 11 is 0. The van der Waals surface area contributed by atoms with Crippen molar-refractivity contribution in [2.75, 3.05) is 45.8 Å². The summed E-state index contributed by atoms with van der Waals surface area (Å²) in [5.41, 5.74) is 0.650. The van der Waals surface area contributed by atoms with Gasteiger partial charge in [-0.1, -0.05) is 25.1 Å². The summed E-state index contributed by atoms with van der Waals surface area (Å²) in [6.07, 6.45) is 3.93. The predicted octanol–water partition coefficient (Wildman–Crippen LogP) is 2.19. The molecule has 0 atom stereocenters. The molecule has 1 aromatic heterocycles. The zero-order chi connectivity index (χ0) is 21.2. The molecule has 7 heteroatoms. The molecule has 2 aromatic rings. The van der Waals surface area contributed by atoms with Gasteiger partial charge in [0.05, 0.1) is 6.26 Å². The first-order valence-corrected chi connectivity index (χ1v) is 10.5. The lowest BCUT2D eigenvalue weighted by atomic mass is 10.2. The van der Waals surface area contributed by atoms with Crippen LogP contribution in [0.1, 0.15) is 29.5 Å². The summed E-state index contributed by atoms with van der Waals surface area (Å²) in [6, 6.07) is 12.3. The quantitative estimate of drug-likeness (QED) is 0.490. The summed E-state index contributed by atoms with van der Waals surface area (Å²) in [4.78, 5) is 30.1. The molecule has 1 aromatic carbocycles. The first-order chi connectivity index (χ1) is 14.7. The summed E-state index contributed by atoms with van der Waals surface area (Å²) in [7, 11) is 0. The Bertz CT molecular complexity index is 825. The van der Waals surface area contributed by atoms with Crippen LogP contribution in [0, 0.1) is 0 Å². The van der Waals surface area contributed by atoms with Crippen LogP contribution in [-0.4, -0.2) is 67.4 Å². The molecule has 2 heterocycles. The van der Waals surface area contributed by atoms with Gasteiger partial charge in [0.25, 0.3) is 11.8 Å². The Hall–Kier alpha value is -2.90. The number of hydrogen-bond donors (Lipinski definition) is 2. The molecule has 7 nitrogen and oxygen atoms in total. The number of hydrogen-bond acceptors (Lipinski definition) is 5. The van der Waals surface area contributed by atoms with Crippen molar-refractivity contribution in [1.29, 1.82) is 0 Å². The lowest BCUT2D eigenvalue weighted by molar-refractivity contribution is -0.117. The van der Waals surface area contributed by atoms with Crippen LogP contribution in [0.15, 0.2) is 58.8 Å². The molecule has 160 valence electrons. The highest BCUT2D eigenvalue weighted by atomic mass is 16.3. The van der Waals surface area contributed by atoms with Gasteiger partial charge in [-0.05, 0) is 43.8 Å². The molecule has 2 N–H and O–H groups in total. The van der Waals surface area contributed by atoms with Crippen LogP contribution in [0.5, 0.6) is 0 Å². The van der Waals surface area contributed by atoms with Crippen molar-refractivity contribution >= 4 is 17.9 Å². The molecule has 30 heavy (non-hydrogen) atoms. The first-order valence-electron chi connectivity index (χ1n) is 10.5. The van der Waals surface area contributed by atoms with Gasteiger partial charge < -0.3 is 24.9 Å². The summed E-state index contributed by atoms with van der Waals surface area (Å²) in [5, 5.41) is 5.62. The van der Waals surface area contributed by atoms with E-state index in [0.717, 1.165) is 45.7 Å². The van der Waals surface area contributed by atoms with Gasteiger partial charge in [-0.3, -0.25) is 9.59 Å². The maximum atomic E-state index is 12.7. The van der Waals surface area contributed by atoms with E-state index in [0.29, 0.717) is 17.9 Å². The van der Waals surface area contributed by atoms with Crippen molar-refractivity contribution in [1.82, 2.24) is 20.4 Å². The lowest BCUT2D eigenvalue weighted by Crippen LogP contribution is -2.46. The minimum atomic E-state index is -0.336. The highest BCUT2D eigenvalue weighted by Gasteiger charge is 2.17. The Kier molecular flexibility index (Phi) is 8.23. The second kappa shape index (κ2) is 11.3. The Labute approximate surface area is 177 Å². The van der Waals surface area contributed by atoms with E-state index in [1.54, 1.807) is 42.5 Å². The minimum Gasteiger partial charge on any atom is -0.465 e. The molecular weight excluding hydrogens is 380 g/mol. The number of nitrogens with one attached hydrogen (secondary N) is 2. The summed E-state index contributed by atoms with van der Waals surface area (Å²) < 4.78 is 5.31. The Balaban J connectivity index is 1.52. The first kappa shape index (κ1) is 21.8. The number of benzene rings is 1. The van der Waals surface area contributed by atoms with Crippen LogP contribution >= 0.6 is 0 Å². The average molecular weight is 411 g/mol. The largest absolute Gasteiger partial charge is 0.465 e. The second-order valence-corrected chi connectivity index (χ2v) is 7.28. The van der Waals surface area contributed by atoms with Crippen molar-refractivity contribution < 1.29 is 14.0 Å². The van der Waals surface area contributed by atoms with Crippen molar-refractivity contribution in [3.05, 3.63) is 65.7 Å². The molecule has 0 unspecified atom stereocenters. The van der Waals surface area contributed by atoms with Gasteiger partial charge in [-0.2, -0.15) is 0 Å². The molecule has 0 saturated carbocycles. The van der Waals surface area contributed by atoms with Gasteiger partial charge in [0.2, 0.25) is 0 Å². The molecule has 2 amide bonds. The monoisotopic (exact) mass is 410 g/mol. The average Bonchev–Trinajstić information content (AvgIpc) is 3.30. The van der Waals surface area contributed by atoms with Crippen LogP contribution in [0.25, 0.3) is 6.08 Å². The third kappa shape index (κ3) is 6.57. The van der Waals surface area contributed by atoms with Crippen LogP contribution < -0.4 is 10.6 Å². The van der Waals surface area contributed by atoms with Crippen molar-refractivity contribution in [3.8, 4) is 0 Å².